The Balaban J connectivity index is 1.95. The van der Waals surface area contributed by atoms with E-state index in [0.717, 1.165) is 4.90 Å². The average molecular weight is 287 g/mol. The quantitative estimate of drug-likeness (QED) is 0.476. The molecule has 3 rings (SSSR count). The van der Waals surface area contributed by atoms with Crippen molar-refractivity contribution in [2.75, 3.05) is 11.2 Å². The maximum absolute atomic E-state index is 12.6. The van der Waals surface area contributed by atoms with Crippen LogP contribution in [0.15, 0.2) is 40.8 Å². The monoisotopic (exact) mass is 287 g/mol. The van der Waals surface area contributed by atoms with Gasteiger partial charge in [0.25, 0.3) is 0 Å². The summed E-state index contributed by atoms with van der Waals surface area (Å²) < 4.78 is 0. The summed E-state index contributed by atoms with van der Waals surface area (Å²) in [5.41, 5.74) is 1.92. The third-order valence-electron chi connectivity index (χ3n) is 4.13. The number of carbonyl (C=O) groups excluding carboxylic acids is 2. The number of hydrogen-bond donors (Lipinski definition) is 0. The van der Waals surface area contributed by atoms with E-state index in [0.29, 0.717) is 18.5 Å². The van der Waals surface area contributed by atoms with Crippen molar-refractivity contribution in [1.82, 2.24) is 0 Å². The van der Waals surface area contributed by atoms with Crippen molar-refractivity contribution in [1.29, 1.82) is 0 Å². The lowest BCUT2D eigenvalue weighted by atomic mass is 9.82. The fraction of sp³-hybridized carbons (Fsp3) is 0.375. The fourth-order valence-electron chi connectivity index (χ4n) is 3.04. The maximum Gasteiger partial charge on any atom is 0.238 e. The Morgan fingerprint density at radius 1 is 1.20 bits per heavy atom. The average Bonchev–Trinajstić information content (AvgIpc) is 2.70. The third-order valence-corrected chi connectivity index (χ3v) is 4.86. The molecule has 4 heteroatoms. The first-order valence-electron chi connectivity index (χ1n) is 6.79. The molecule has 3 nitrogen and oxygen atoms in total. The summed E-state index contributed by atoms with van der Waals surface area (Å²) in [4.78, 5) is 27.5. The number of imide groups is 1. The lowest BCUT2D eigenvalue weighted by Crippen LogP contribution is -2.30. The van der Waals surface area contributed by atoms with E-state index in [2.05, 4.69) is 6.08 Å². The number of fused-ring (bicyclic) bond motifs is 1. The van der Waals surface area contributed by atoms with E-state index >= 15 is 0 Å². The second kappa shape index (κ2) is 5.09. The first-order chi connectivity index (χ1) is 9.61. The summed E-state index contributed by atoms with van der Waals surface area (Å²) in [7, 11) is 0. The van der Waals surface area contributed by atoms with Gasteiger partial charge in [-0.25, -0.2) is 4.90 Å². The molecule has 0 radical (unpaired) electrons. The molecule has 1 aromatic rings. The zero-order valence-electron chi connectivity index (χ0n) is 11.6. The van der Waals surface area contributed by atoms with E-state index in [4.69, 9.17) is 0 Å². The van der Waals surface area contributed by atoms with E-state index in [1.807, 2.05) is 37.4 Å². The summed E-state index contributed by atoms with van der Waals surface area (Å²) in [5, 5.41) is 0. The van der Waals surface area contributed by atoms with Crippen molar-refractivity contribution < 1.29 is 9.59 Å². The van der Waals surface area contributed by atoms with E-state index < -0.39 is 0 Å². The Kier molecular flexibility index (Phi) is 3.42. The van der Waals surface area contributed by atoms with Gasteiger partial charge in [0, 0.05) is 4.90 Å². The summed E-state index contributed by atoms with van der Waals surface area (Å²) in [5.74, 6) is -0.401. The number of rotatable bonds is 2. The van der Waals surface area contributed by atoms with Gasteiger partial charge in [-0.1, -0.05) is 17.7 Å². The minimum absolute atomic E-state index is 0.0364. The van der Waals surface area contributed by atoms with Crippen LogP contribution in [-0.4, -0.2) is 18.1 Å². The number of anilines is 1. The number of benzene rings is 1. The molecule has 2 aliphatic rings. The van der Waals surface area contributed by atoms with Gasteiger partial charge in [-0.3, -0.25) is 9.59 Å². The molecule has 104 valence electrons. The Morgan fingerprint density at radius 2 is 1.95 bits per heavy atom. The highest BCUT2D eigenvalue weighted by atomic mass is 32.2. The SMILES string of the molecule is CSc1cccc(N2C(=O)C3CC=C(C)CC3C2=O)c1. The van der Waals surface area contributed by atoms with Crippen LogP contribution in [0.3, 0.4) is 0 Å². The molecule has 2 unspecified atom stereocenters. The first-order valence-corrected chi connectivity index (χ1v) is 8.02. The van der Waals surface area contributed by atoms with Crippen LogP contribution >= 0.6 is 11.8 Å². The molecule has 0 spiro atoms. The first kappa shape index (κ1) is 13.4. The minimum Gasteiger partial charge on any atom is -0.274 e. The Hall–Kier alpha value is -1.55. The van der Waals surface area contributed by atoms with Gasteiger partial charge in [-0.2, -0.15) is 0 Å². The van der Waals surface area contributed by atoms with Gasteiger partial charge in [-0.15, -0.1) is 11.8 Å². The molecule has 2 amide bonds. The molecule has 1 fully saturated rings. The molecule has 0 aromatic heterocycles. The zero-order valence-corrected chi connectivity index (χ0v) is 12.4. The fourth-order valence-corrected chi connectivity index (χ4v) is 3.49. The van der Waals surface area contributed by atoms with Crippen molar-refractivity contribution in [2.45, 2.75) is 24.7 Å². The molecule has 1 aliphatic carbocycles. The summed E-state index contributed by atoms with van der Waals surface area (Å²) in [6.07, 6.45) is 5.49. The lowest BCUT2D eigenvalue weighted by molar-refractivity contribution is -0.122. The van der Waals surface area contributed by atoms with Gasteiger partial charge < -0.3 is 0 Å². The molecule has 0 N–H and O–H groups in total. The highest BCUT2D eigenvalue weighted by Crippen LogP contribution is 2.40. The molecule has 0 saturated carbocycles. The molecular formula is C16H17NO2S. The van der Waals surface area contributed by atoms with E-state index in [9.17, 15) is 9.59 Å². The zero-order chi connectivity index (χ0) is 14.3. The molecule has 20 heavy (non-hydrogen) atoms. The smallest absolute Gasteiger partial charge is 0.238 e. The largest absolute Gasteiger partial charge is 0.274 e. The third kappa shape index (κ3) is 2.08. The van der Waals surface area contributed by atoms with E-state index in [-0.39, 0.29) is 23.7 Å². The number of allylic oxidation sites excluding steroid dienone is 2. The van der Waals surface area contributed by atoms with Gasteiger partial charge in [0.1, 0.15) is 0 Å². The molecule has 1 aromatic carbocycles. The van der Waals surface area contributed by atoms with Crippen molar-refractivity contribution in [3.8, 4) is 0 Å². The van der Waals surface area contributed by atoms with Crippen molar-refractivity contribution in [2.24, 2.45) is 11.8 Å². The van der Waals surface area contributed by atoms with Crippen LogP contribution in [0.1, 0.15) is 19.8 Å². The van der Waals surface area contributed by atoms with Crippen LogP contribution in [-0.2, 0) is 9.59 Å². The predicted molar refractivity (Wildman–Crippen MR) is 80.7 cm³/mol. The highest BCUT2D eigenvalue weighted by Gasteiger charge is 2.48. The van der Waals surface area contributed by atoms with Crippen LogP contribution in [0.5, 0.6) is 0 Å². The Labute approximate surface area is 123 Å². The minimum atomic E-state index is -0.163. The van der Waals surface area contributed by atoms with Gasteiger partial charge in [0.15, 0.2) is 0 Å². The molecular weight excluding hydrogens is 270 g/mol. The second-order valence-electron chi connectivity index (χ2n) is 5.42. The van der Waals surface area contributed by atoms with Gasteiger partial charge in [0.2, 0.25) is 11.8 Å². The molecule has 2 atom stereocenters. The van der Waals surface area contributed by atoms with Crippen LogP contribution < -0.4 is 4.90 Å². The maximum atomic E-state index is 12.6. The van der Waals surface area contributed by atoms with Crippen LogP contribution in [0.25, 0.3) is 0 Å². The van der Waals surface area contributed by atoms with E-state index in [1.54, 1.807) is 11.8 Å². The summed E-state index contributed by atoms with van der Waals surface area (Å²) >= 11 is 1.61. The number of amides is 2. The topological polar surface area (TPSA) is 37.4 Å². The van der Waals surface area contributed by atoms with E-state index in [1.165, 1.54) is 10.5 Å². The lowest BCUT2D eigenvalue weighted by Gasteiger charge is -2.18. The Bertz CT molecular complexity index is 608. The van der Waals surface area contributed by atoms with Crippen LogP contribution in [0.4, 0.5) is 5.69 Å². The molecule has 0 bridgehead atoms. The standard InChI is InChI=1S/C16H17NO2S/c1-10-6-7-13-14(8-10)16(19)17(15(13)18)11-4-3-5-12(9-11)20-2/h3-6,9,13-14H,7-8H2,1-2H3. The number of thioether (sulfide) groups is 1. The normalized spacial score (nSPS) is 25.7. The van der Waals surface area contributed by atoms with Crippen LogP contribution in [0.2, 0.25) is 0 Å². The molecule has 1 aliphatic heterocycles. The summed E-state index contributed by atoms with van der Waals surface area (Å²) in [6.45, 7) is 2.03. The van der Waals surface area contributed by atoms with Crippen LogP contribution in [0, 0.1) is 11.8 Å². The summed E-state index contributed by atoms with van der Waals surface area (Å²) in [6, 6.07) is 7.64. The predicted octanol–water partition coefficient (Wildman–Crippen LogP) is 3.25. The second-order valence-corrected chi connectivity index (χ2v) is 6.30. The molecule has 1 saturated heterocycles. The van der Waals surface area contributed by atoms with Crippen molar-refractivity contribution >= 4 is 29.3 Å². The van der Waals surface area contributed by atoms with Gasteiger partial charge >= 0.3 is 0 Å². The number of nitrogens with zero attached hydrogens (tertiary/aromatic N) is 1. The van der Waals surface area contributed by atoms with Gasteiger partial charge in [-0.05, 0) is 44.2 Å². The highest BCUT2D eigenvalue weighted by molar-refractivity contribution is 7.98. The Morgan fingerprint density at radius 3 is 2.70 bits per heavy atom. The van der Waals surface area contributed by atoms with Gasteiger partial charge in [0.05, 0.1) is 17.5 Å². The molecule has 1 heterocycles. The van der Waals surface area contributed by atoms with Crippen molar-refractivity contribution in [3.05, 3.63) is 35.9 Å². The number of hydrogen-bond acceptors (Lipinski definition) is 3. The van der Waals surface area contributed by atoms with Crippen molar-refractivity contribution in [3.63, 3.8) is 0 Å². The number of carbonyl (C=O) groups is 2.